The molecule has 2 aromatic carbocycles. The minimum absolute atomic E-state index is 0.581. The summed E-state index contributed by atoms with van der Waals surface area (Å²) in [7, 11) is 1.92. The molecule has 8 nitrogen and oxygen atoms in total. The third-order valence-corrected chi connectivity index (χ3v) is 7.83. The van der Waals surface area contributed by atoms with E-state index in [0.29, 0.717) is 5.95 Å². The second kappa shape index (κ2) is 10.1. The zero-order chi connectivity index (χ0) is 25.4. The van der Waals surface area contributed by atoms with Crippen LogP contribution >= 0.6 is 0 Å². The molecule has 2 aromatic heterocycles. The molecular weight excluding hydrogens is 460 g/mol. The maximum absolute atomic E-state index is 4.79. The number of nitrogens with zero attached hydrogens (tertiary/aromatic N) is 5. The number of para-hydroxylation sites is 1. The molecular formula is C29H36N8. The number of aromatic nitrogens is 4. The van der Waals surface area contributed by atoms with Gasteiger partial charge in [-0.15, -0.1) is 0 Å². The van der Waals surface area contributed by atoms with Crippen LogP contribution in [0.25, 0.3) is 11.0 Å². The molecule has 1 saturated heterocycles. The van der Waals surface area contributed by atoms with Crippen LogP contribution in [-0.4, -0.2) is 50.8 Å². The summed E-state index contributed by atoms with van der Waals surface area (Å²) in [4.78, 5) is 12.0. The van der Waals surface area contributed by atoms with Crippen LogP contribution in [0.1, 0.15) is 35.1 Å². The van der Waals surface area contributed by atoms with E-state index in [9.17, 15) is 0 Å². The van der Waals surface area contributed by atoms with Gasteiger partial charge in [0.2, 0.25) is 5.95 Å². The van der Waals surface area contributed by atoms with E-state index in [0.717, 1.165) is 53.7 Å². The summed E-state index contributed by atoms with van der Waals surface area (Å²) in [5.74, 6) is 2.18. The molecule has 0 aliphatic carbocycles. The SMILES string of the molecule is Cc1cccc(C)c1Nc1nn(C)c2nc(Nc3ccc4c(c3)CCN(CC3CCNCC3)C4)ncc12. The fourth-order valence-electron chi connectivity index (χ4n) is 5.72. The highest BCUT2D eigenvalue weighted by Crippen LogP contribution is 2.30. The molecule has 37 heavy (non-hydrogen) atoms. The maximum Gasteiger partial charge on any atom is 0.229 e. The first-order valence-electron chi connectivity index (χ1n) is 13.4. The number of aryl methyl sites for hydroxylation is 3. The normalized spacial score (nSPS) is 16.6. The average Bonchev–Trinajstić information content (AvgIpc) is 3.21. The van der Waals surface area contributed by atoms with Gasteiger partial charge in [-0.2, -0.15) is 10.1 Å². The predicted octanol–water partition coefficient (Wildman–Crippen LogP) is 4.83. The van der Waals surface area contributed by atoms with Crippen LogP contribution in [0.3, 0.4) is 0 Å². The van der Waals surface area contributed by atoms with E-state index in [2.05, 4.69) is 81.2 Å². The summed E-state index contributed by atoms with van der Waals surface area (Å²) in [6, 6.07) is 13.0. The van der Waals surface area contributed by atoms with Crippen molar-refractivity contribution in [2.75, 3.05) is 36.8 Å². The third kappa shape index (κ3) is 5.04. The van der Waals surface area contributed by atoms with Gasteiger partial charge in [0.05, 0.1) is 5.39 Å². The Balaban J connectivity index is 1.16. The lowest BCUT2D eigenvalue weighted by molar-refractivity contribution is 0.191. The minimum atomic E-state index is 0.581. The van der Waals surface area contributed by atoms with Crippen molar-refractivity contribution in [3.63, 3.8) is 0 Å². The molecule has 4 aromatic rings. The quantitative estimate of drug-likeness (QED) is 0.353. The molecule has 4 heterocycles. The van der Waals surface area contributed by atoms with Crippen LogP contribution in [0.5, 0.6) is 0 Å². The Morgan fingerprint density at radius 2 is 1.84 bits per heavy atom. The molecule has 2 aliphatic rings. The Morgan fingerprint density at radius 1 is 1.03 bits per heavy atom. The van der Waals surface area contributed by atoms with Gasteiger partial charge in [-0.3, -0.25) is 4.90 Å². The van der Waals surface area contributed by atoms with Crippen molar-refractivity contribution in [1.29, 1.82) is 0 Å². The summed E-state index contributed by atoms with van der Waals surface area (Å²) in [5, 5.41) is 16.0. The average molecular weight is 497 g/mol. The van der Waals surface area contributed by atoms with Crippen molar-refractivity contribution in [2.24, 2.45) is 13.0 Å². The van der Waals surface area contributed by atoms with E-state index < -0.39 is 0 Å². The zero-order valence-corrected chi connectivity index (χ0v) is 22.0. The van der Waals surface area contributed by atoms with Crippen molar-refractivity contribution >= 4 is 34.2 Å². The summed E-state index contributed by atoms with van der Waals surface area (Å²) < 4.78 is 1.81. The molecule has 0 bridgehead atoms. The van der Waals surface area contributed by atoms with Crippen LogP contribution in [0, 0.1) is 19.8 Å². The lowest BCUT2D eigenvalue weighted by Gasteiger charge is -2.33. The van der Waals surface area contributed by atoms with Gasteiger partial charge in [-0.25, -0.2) is 9.67 Å². The highest BCUT2D eigenvalue weighted by Gasteiger charge is 2.21. The second-order valence-corrected chi connectivity index (χ2v) is 10.6. The van der Waals surface area contributed by atoms with E-state index in [1.165, 1.54) is 54.7 Å². The molecule has 6 rings (SSSR count). The minimum Gasteiger partial charge on any atom is -0.338 e. The molecule has 0 saturated carbocycles. The van der Waals surface area contributed by atoms with Gasteiger partial charge in [0.15, 0.2) is 11.5 Å². The lowest BCUT2D eigenvalue weighted by Crippen LogP contribution is -2.38. The number of rotatable bonds is 6. The van der Waals surface area contributed by atoms with Gasteiger partial charge >= 0.3 is 0 Å². The maximum atomic E-state index is 4.79. The molecule has 8 heteroatoms. The van der Waals surface area contributed by atoms with Gasteiger partial charge in [-0.1, -0.05) is 24.3 Å². The molecule has 0 amide bonds. The summed E-state index contributed by atoms with van der Waals surface area (Å²) in [6.07, 6.45) is 5.54. The first kappa shape index (κ1) is 23.9. The summed E-state index contributed by atoms with van der Waals surface area (Å²) in [6.45, 7) is 9.94. The van der Waals surface area contributed by atoms with Crippen LogP contribution in [0.15, 0.2) is 42.6 Å². The van der Waals surface area contributed by atoms with Crippen LogP contribution in [-0.2, 0) is 20.0 Å². The van der Waals surface area contributed by atoms with Crippen molar-refractivity contribution in [2.45, 2.75) is 39.7 Å². The number of anilines is 4. The van der Waals surface area contributed by atoms with Crippen molar-refractivity contribution in [1.82, 2.24) is 30.0 Å². The highest BCUT2D eigenvalue weighted by molar-refractivity contribution is 5.90. The van der Waals surface area contributed by atoms with Crippen LogP contribution < -0.4 is 16.0 Å². The molecule has 0 radical (unpaired) electrons. The van der Waals surface area contributed by atoms with Crippen molar-refractivity contribution in [3.05, 3.63) is 64.8 Å². The van der Waals surface area contributed by atoms with Gasteiger partial charge in [0.25, 0.3) is 0 Å². The summed E-state index contributed by atoms with van der Waals surface area (Å²) >= 11 is 0. The molecule has 0 spiro atoms. The molecule has 2 aliphatic heterocycles. The molecule has 3 N–H and O–H groups in total. The van der Waals surface area contributed by atoms with Gasteiger partial charge in [-0.05, 0) is 86.5 Å². The molecule has 0 unspecified atom stereocenters. The van der Waals surface area contributed by atoms with Crippen LogP contribution in [0.4, 0.5) is 23.1 Å². The fraction of sp³-hybridized carbons (Fsp3) is 0.414. The number of nitrogens with one attached hydrogen (secondary N) is 3. The van der Waals surface area contributed by atoms with Crippen molar-refractivity contribution in [3.8, 4) is 0 Å². The lowest BCUT2D eigenvalue weighted by atomic mass is 9.94. The van der Waals surface area contributed by atoms with E-state index in [4.69, 9.17) is 4.98 Å². The zero-order valence-electron chi connectivity index (χ0n) is 22.0. The molecule has 0 atom stereocenters. The molecule has 1 fully saturated rings. The Labute approximate surface area is 218 Å². The Kier molecular flexibility index (Phi) is 6.52. The van der Waals surface area contributed by atoms with E-state index >= 15 is 0 Å². The van der Waals surface area contributed by atoms with Crippen molar-refractivity contribution < 1.29 is 0 Å². The number of fused-ring (bicyclic) bond motifs is 2. The Morgan fingerprint density at radius 3 is 2.65 bits per heavy atom. The third-order valence-electron chi connectivity index (χ3n) is 7.83. The number of benzene rings is 2. The highest BCUT2D eigenvalue weighted by atomic mass is 15.3. The second-order valence-electron chi connectivity index (χ2n) is 10.6. The first-order valence-corrected chi connectivity index (χ1v) is 13.4. The monoisotopic (exact) mass is 496 g/mol. The largest absolute Gasteiger partial charge is 0.338 e. The Hall–Kier alpha value is -3.49. The number of hydrogen-bond acceptors (Lipinski definition) is 7. The van der Waals surface area contributed by atoms with Crippen LogP contribution in [0.2, 0.25) is 0 Å². The molecule has 192 valence electrons. The smallest absolute Gasteiger partial charge is 0.229 e. The standard InChI is InChI=1S/C29H36N8/c1-19-5-4-6-20(2)26(19)33-27-25-16-31-29(34-28(25)36(3)35-27)32-24-8-7-23-18-37(14-11-22(23)15-24)17-21-9-12-30-13-10-21/h4-8,15-16,21,30H,9-14,17-18H2,1-3H3,(H,33,35)(H,31,32,34). The van der Waals surface area contributed by atoms with Gasteiger partial charge < -0.3 is 16.0 Å². The first-order chi connectivity index (χ1) is 18.0. The van der Waals surface area contributed by atoms with Gasteiger partial charge in [0.1, 0.15) is 0 Å². The van der Waals surface area contributed by atoms with Gasteiger partial charge in [0, 0.05) is 44.3 Å². The van der Waals surface area contributed by atoms with E-state index in [1.54, 1.807) is 0 Å². The predicted molar refractivity (Wildman–Crippen MR) is 150 cm³/mol. The number of piperidine rings is 1. The van der Waals surface area contributed by atoms with E-state index in [1.807, 2.05) is 17.9 Å². The summed E-state index contributed by atoms with van der Waals surface area (Å²) in [5.41, 5.74) is 8.12. The topological polar surface area (TPSA) is 82.9 Å². The number of hydrogen-bond donors (Lipinski definition) is 3. The fourth-order valence-corrected chi connectivity index (χ4v) is 5.72. The Bertz CT molecular complexity index is 1400. The van der Waals surface area contributed by atoms with E-state index in [-0.39, 0.29) is 0 Å².